The molecule has 1 rings (SSSR count). The predicted octanol–water partition coefficient (Wildman–Crippen LogP) is 3.69. The van der Waals surface area contributed by atoms with Crippen LogP contribution in [-0.2, 0) is 0 Å². The Morgan fingerprint density at radius 1 is 1.56 bits per heavy atom. The number of nitrogens with one attached hydrogen (secondary N) is 1. The van der Waals surface area contributed by atoms with Crippen LogP contribution in [-0.4, -0.2) is 13.2 Å². The zero-order valence-corrected chi connectivity index (χ0v) is 10.9. The molecule has 1 nitrogen and oxygen atoms in total. The van der Waals surface area contributed by atoms with Gasteiger partial charge in [0.1, 0.15) is 6.17 Å². The lowest BCUT2D eigenvalue weighted by Crippen LogP contribution is -2.12. The normalized spacial score (nSPS) is 28.4. The van der Waals surface area contributed by atoms with E-state index in [2.05, 4.69) is 25.7 Å². The maximum Gasteiger partial charge on any atom is 0.118 e. The van der Waals surface area contributed by atoms with Gasteiger partial charge in [-0.1, -0.05) is 20.4 Å². The van der Waals surface area contributed by atoms with E-state index < -0.39 is 6.17 Å². The summed E-state index contributed by atoms with van der Waals surface area (Å²) in [5.41, 5.74) is 1.88. The fourth-order valence-corrected chi connectivity index (χ4v) is 2.40. The second kappa shape index (κ2) is 5.51. The van der Waals surface area contributed by atoms with Crippen LogP contribution in [0, 0.1) is 17.8 Å². The smallest absolute Gasteiger partial charge is 0.118 e. The van der Waals surface area contributed by atoms with Gasteiger partial charge in [0, 0.05) is 12.7 Å². The second-order valence-electron chi connectivity index (χ2n) is 5.17. The molecular weight excluding hydrogens is 201 g/mol. The highest BCUT2D eigenvalue weighted by Crippen LogP contribution is 2.45. The number of alkyl halides is 1. The molecule has 0 radical (unpaired) electrons. The molecule has 1 aliphatic carbocycles. The Bertz CT molecular complexity index is 280. The van der Waals surface area contributed by atoms with Crippen LogP contribution in [0.15, 0.2) is 23.9 Å². The van der Waals surface area contributed by atoms with Crippen LogP contribution in [0.2, 0.25) is 0 Å². The number of hydrogen-bond donors (Lipinski definition) is 1. The molecule has 1 N–H and O–H groups in total. The quantitative estimate of drug-likeness (QED) is 0.680. The van der Waals surface area contributed by atoms with Gasteiger partial charge in [0.05, 0.1) is 0 Å². The van der Waals surface area contributed by atoms with Crippen molar-refractivity contribution >= 4 is 0 Å². The maximum atomic E-state index is 12.9. The Morgan fingerprint density at radius 3 is 2.50 bits per heavy atom. The zero-order valence-electron chi connectivity index (χ0n) is 10.9. The van der Waals surface area contributed by atoms with Crippen molar-refractivity contribution < 1.29 is 4.39 Å². The minimum absolute atomic E-state index is 0.661. The Kier molecular flexibility index (Phi) is 4.57. The highest BCUT2D eigenvalue weighted by Gasteiger charge is 2.37. The maximum absolute atomic E-state index is 12.9. The van der Waals surface area contributed by atoms with Crippen molar-refractivity contribution in [2.24, 2.45) is 17.8 Å². The molecule has 1 fully saturated rings. The first-order valence-electron chi connectivity index (χ1n) is 6.17. The van der Waals surface area contributed by atoms with Crippen molar-refractivity contribution in [3.8, 4) is 0 Å². The standard InChI is InChI=1S/C14H24FN/c1-9(13-7-10(13)2)6-11(3)14(16-5)8-12(4)15/h8-10,12-13,16H,3,6-7H2,1-2,4-5H3/b14-8+/t9-,10?,12?,13+/m1/s1. The first kappa shape index (κ1) is 13.3. The van der Waals surface area contributed by atoms with Crippen LogP contribution in [0.4, 0.5) is 4.39 Å². The third-order valence-corrected chi connectivity index (χ3v) is 3.52. The van der Waals surface area contributed by atoms with E-state index in [0.29, 0.717) is 5.92 Å². The summed E-state index contributed by atoms with van der Waals surface area (Å²) in [6, 6.07) is 0. The highest BCUT2D eigenvalue weighted by molar-refractivity contribution is 5.27. The summed E-state index contributed by atoms with van der Waals surface area (Å²) in [7, 11) is 1.82. The molecule has 1 aliphatic rings. The van der Waals surface area contributed by atoms with Gasteiger partial charge in [-0.15, -0.1) is 0 Å². The minimum atomic E-state index is -0.922. The third-order valence-electron chi connectivity index (χ3n) is 3.52. The first-order valence-corrected chi connectivity index (χ1v) is 6.17. The zero-order chi connectivity index (χ0) is 12.3. The van der Waals surface area contributed by atoms with Gasteiger partial charge in [-0.2, -0.15) is 0 Å². The van der Waals surface area contributed by atoms with E-state index in [1.807, 2.05) is 7.05 Å². The lowest BCUT2D eigenvalue weighted by molar-refractivity contribution is 0.426. The number of likely N-dealkylation sites (N-methyl/N-ethyl adjacent to an activating group) is 1. The molecule has 0 aromatic rings. The fourth-order valence-electron chi connectivity index (χ4n) is 2.40. The summed E-state index contributed by atoms with van der Waals surface area (Å²) >= 11 is 0. The molecular formula is C14H24FN. The SMILES string of the molecule is C=C(C[C@@H](C)[C@@H]1CC1C)/C(=C\C(C)F)NC. The molecule has 0 amide bonds. The van der Waals surface area contributed by atoms with Crippen molar-refractivity contribution in [1.29, 1.82) is 0 Å². The number of allylic oxidation sites excluding steroid dienone is 2. The van der Waals surface area contributed by atoms with Gasteiger partial charge in [0.25, 0.3) is 0 Å². The van der Waals surface area contributed by atoms with Gasteiger partial charge < -0.3 is 5.32 Å². The average molecular weight is 225 g/mol. The number of rotatable bonds is 6. The summed E-state index contributed by atoms with van der Waals surface area (Å²) in [4.78, 5) is 0. The summed E-state index contributed by atoms with van der Waals surface area (Å²) in [5, 5.41) is 3.03. The van der Waals surface area contributed by atoms with Gasteiger partial charge in [-0.3, -0.25) is 0 Å². The van der Waals surface area contributed by atoms with Crippen molar-refractivity contribution in [2.75, 3.05) is 7.05 Å². The molecule has 2 unspecified atom stereocenters. The summed E-state index contributed by atoms with van der Waals surface area (Å²) < 4.78 is 12.9. The largest absolute Gasteiger partial charge is 0.388 e. The molecule has 0 spiro atoms. The number of hydrogen-bond acceptors (Lipinski definition) is 1. The summed E-state index contributed by atoms with van der Waals surface area (Å²) in [5.74, 6) is 2.37. The molecule has 0 saturated heterocycles. The van der Waals surface area contributed by atoms with Gasteiger partial charge >= 0.3 is 0 Å². The molecule has 0 bridgehead atoms. The van der Waals surface area contributed by atoms with Crippen LogP contribution in [0.3, 0.4) is 0 Å². The topological polar surface area (TPSA) is 12.0 Å². The predicted molar refractivity (Wildman–Crippen MR) is 67.9 cm³/mol. The van der Waals surface area contributed by atoms with Crippen molar-refractivity contribution in [2.45, 2.75) is 39.8 Å². The monoisotopic (exact) mass is 225 g/mol. The van der Waals surface area contributed by atoms with Crippen LogP contribution in [0.25, 0.3) is 0 Å². The fraction of sp³-hybridized carbons (Fsp3) is 0.714. The Balaban J connectivity index is 2.49. The molecule has 1 saturated carbocycles. The second-order valence-corrected chi connectivity index (χ2v) is 5.17. The lowest BCUT2D eigenvalue weighted by atomic mass is 9.94. The third kappa shape index (κ3) is 3.66. The molecule has 0 aromatic carbocycles. The summed E-state index contributed by atoms with van der Waals surface area (Å²) in [6.07, 6.45) is 2.99. The average Bonchev–Trinajstić information content (AvgIpc) is 2.91. The Hall–Kier alpha value is -0.790. The van der Waals surface area contributed by atoms with Crippen LogP contribution < -0.4 is 5.32 Å². The van der Waals surface area contributed by atoms with Crippen molar-refractivity contribution in [3.63, 3.8) is 0 Å². The van der Waals surface area contributed by atoms with E-state index in [0.717, 1.165) is 29.5 Å². The van der Waals surface area contributed by atoms with Gasteiger partial charge in [-0.25, -0.2) is 4.39 Å². The van der Waals surface area contributed by atoms with E-state index in [9.17, 15) is 4.39 Å². The first-order chi connectivity index (χ1) is 7.45. The Morgan fingerprint density at radius 2 is 2.12 bits per heavy atom. The van der Waals surface area contributed by atoms with E-state index >= 15 is 0 Å². The molecule has 2 heteroatoms. The van der Waals surface area contributed by atoms with Gasteiger partial charge in [0.2, 0.25) is 0 Å². The van der Waals surface area contributed by atoms with E-state index in [4.69, 9.17) is 0 Å². The van der Waals surface area contributed by atoms with Crippen molar-refractivity contribution in [3.05, 3.63) is 23.9 Å². The van der Waals surface area contributed by atoms with Crippen LogP contribution >= 0.6 is 0 Å². The molecule has 16 heavy (non-hydrogen) atoms. The molecule has 0 aliphatic heterocycles. The molecule has 92 valence electrons. The number of halogens is 1. The lowest BCUT2D eigenvalue weighted by Gasteiger charge is -2.16. The van der Waals surface area contributed by atoms with Crippen molar-refractivity contribution in [1.82, 2.24) is 5.32 Å². The molecule has 0 heterocycles. The van der Waals surface area contributed by atoms with Gasteiger partial charge in [-0.05, 0) is 49.2 Å². The summed E-state index contributed by atoms with van der Waals surface area (Å²) in [6.45, 7) is 10.2. The van der Waals surface area contributed by atoms with E-state index in [1.165, 1.54) is 13.3 Å². The Labute approximate surface area is 98.8 Å². The van der Waals surface area contributed by atoms with E-state index in [1.54, 1.807) is 6.08 Å². The van der Waals surface area contributed by atoms with Crippen LogP contribution in [0.5, 0.6) is 0 Å². The molecule has 4 atom stereocenters. The van der Waals surface area contributed by atoms with Crippen LogP contribution in [0.1, 0.15) is 33.6 Å². The highest BCUT2D eigenvalue weighted by atomic mass is 19.1. The molecule has 0 aromatic heterocycles. The minimum Gasteiger partial charge on any atom is -0.388 e. The van der Waals surface area contributed by atoms with Gasteiger partial charge in [0.15, 0.2) is 0 Å². The van der Waals surface area contributed by atoms with E-state index in [-0.39, 0.29) is 0 Å².